The summed E-state index contributed by atoms with van der Waals surface area (Å²) in [5.41, 5.74) is 4.41. The first-order valence-electron chi connectivity index (χ1n) is 7.55. The lowest BCUT2D eigenvalue weighted by atomic mass is 10.0. The molecule has 1 heterocycles. The van der Waals surface area contributed by atoms with Crippen molar-refractivity contribution < 1.29 is 9.53 Å². The van der Waals surface area contributed by atoms with Gasteiger partial charge >= 0.3 is 5.97 Å². The van der Waals surface area contributed by atoms with Crippen molar-refractivity contribution in [3.8, 4) is 0 Å². The molecule has 4 nitrogen and oxygen atoms in total. The Labute approximate surface area is 139 Å². The largest absolute Gasteiger partial charge is 0.465 e. The molecule has 0 fully saturated rings. The molecular formula is C18H18N2O2S. The number of carbonyl (C=O) groups is 1. The van der Waals surface area contributed by atoms with Crippen LogP contribution in [0.25, 0.3) is 11.0 Å². The molecule has 0 saturated heterocycles. The van der Waals surface area contributed by atoms with E-state index in [1.54, 1.807) is 6.92 Å². The number of hydrogen-bond acceptors (Lipinski definition) is 4. The molecule has 0 bridgehead atoms. The summed E-state index contributed by atoms with van der Waals surface area (Å²) in [4.78, 5) is 19.2. The van der Waals surface area contributed by atoms with Gasteiger partial charge in [0.25, 0.3) is 0 Å². The number of thioether (sulfide) groups is 1. The van der Waals surface area contributed by atoms with Crippen LogP contribution in [0, 0.1) is 0 Å². The molecule has 0 radical (unpaired) electrons. The van der Waals surface area contributed by atoms with Crippen molar-refractivity contribution in [2.75, 3.05) is 12.4 Å². The minimum Gasteiger partial charge on any atom is -0.465 e. The van der Waals surface area contributed by atoms with Gasteiger partial charge in [0.15, 0.2) is 5.16 Å². The first kappa shape index (κ1) is 15.6. The molecule has 118 valence electrons. The van der Waals surface area contributed by atoms with Crippen LogP contribution in [0.1, 0.15) is 18.1 Å². The fourth-order valence-corrected chi connectivity index (χ4v) is 3.06. The van der Waals surface area contributed by atoms with Crippen molar-refractivity contribution in [2.24, 2.45) is 0 Å². The molecule has 23 heavy (non-hydrogen) atoms. The molecule has 0 aliphatic rings. The van der Waals surface area contributed by atoms with E-state index >= 15 is 0 Å². The van der Waals surface area contributed by atoms with E-state index in [4.69, 9.17) is 4.74 Å². The van der Waals surface area contributed by atoms with Crippen LogP contribution >= 0.6 is 11.8 Å². The van der Waals surface area contributed by atoms with Crippen LogP contribution in [0.4, 0.5) is 0 Å². The zero-order chi connectivity index (χ0) is 16.1. The summed E-state index contributed by atoms with van der Waals surface area (Å²) >= 11 is 1.36. The van der Waals surface area contributed by atoms with Gasteiger partial charge in [0.2, 0.25) is 0 Å². The number of rotatable bonds is 6. The fourth-order valence-electron chi connectivity index (χ4n) is 2.37. The average molecular weight is 326 g/mol. The molecule has 5 heteroatoms. The number of hydrogen-bond donors (Lipinski definition) is 1. The lowest BCUT2D eigenvalue weighted by Gasteiger charge is -2.01. The van der Waals surface area contributed by atoms with Gasteiger partial charge in [-0.3, -0.25) is 4.79 Å². The highest BCUT2D eigenvalue weighted by Crippen LogP contribution is 2.21. The van der Waals surface area contributed by atoms with E-state index < -0.39 is 0 Å². The van der Waals surface area contributed by atoms with Crippen LogP contribution < -0.4 is 0 Å². The molecule has 0 aliphatic carbocycles. The maximum atomic E-state index is 11.4. The Balaban J connectivity index is 1.71. The number of esters is 1. The second-order valence-electron chi connectivity index (χ2n) is 5.15. The molecule has 3 aromatic rings. The first-order chi connectivity index (χ1) is 11.2. The van der Waals surface area contributed by atoms with Gasteiger partial charge in [-0.2, -0.15) is 0 Å². The van der Waals surface area contributed by atoms with Crippen LogP contribution in [-0.2, 0) is 16.0 Å². The number of aromatic amines is 1. The molecular weight excluding hydrogens is 308 g/mol. The summed E-state index contributed by atoms with van der Waals surface area (Å²) in [6.07, 6.45) is 0.890. The molecule has 0 amide bonds. The predicted octanol–water partition coefficient (Wildman–Crippen LogP) is 3.81. The SMILES string of the molecule is CCOC(=O)CSc1nc2ccc(Cc3ccccc3)cc2[nH]1. The van der Waals surface area contributed by atoms with Crippen molar-refractivity contribution in [1.82, 2.24) is 9.97 Å². The number of ether oxygens (including phenoxy) is 1. The third kappa shape index (κ3) is 4.13. The van der Waals surface area contributed by atoms with E-state index in [9.17, 15) is 4.79 Å². The zero-order valence-electron chi connectivity index (χ0n) is 12.9. The Morgan fingerprint density at radius 3 is 2.78 bits per heavy atom. The fraction of sp³-hybridized carbons (Fsp3) is 0.222. The monoisotopic (exact) mass is 326 g/mol. The van der Waals surface area contributed by atoms with Crippen LogP contribution in [0.15, 0.2) is 53.7 Å². The Hall–Kier alpha value is -2.27. The summed E-state index contributed by atoms with van der Waals surface area (Å²) in [6, 6.07) is 16.6. The quantitative estimate of drug-likeness (QED) is 0.553. The molecule has 0 aliphatic heterocycles. The maximum absolute atomic E-state index is 11.4. The molecule has 0 atom stereocenters. The van der Waals surface area contributed by atoms with Crippen molar-refractivity contribution >= 4 is 28.8 Å². The number of imidazole rings is 1. The minimum absolute atomic E-state index is 0.220. The first-order valence-corrected chi connectivity index (χ1v) is 8.54. The predicted molar refractivity (Wildman–Crippen MR) is 92.7 cm³/mol. The van der Waals surface area contributed by atoms with Crippen molar-refractivity contribution in [1.29, 1.82) is 0 Å². The van der Waals surface area contributed by atoms with Gasteiger partial charge < -0.3 is 9.72 Å². The van der Waals surface area contributed by atoms with Crippen LogP contribution in [0.2, 0.25) is 0 Å². The van der Waals surface area contributed by atoms with Crippen molar-refractivity contribution in [2.45, 2.75) is 18.5 Å². The number of fused-ring (bicyclic) bond motifs is 1. The van der Waals surface area contributed by atoms with E-state index in [0.717, 1.165) is 22.6 Å². The topological polar surface area (TPSA) is 55.0 Å². The van der Waals surface area contributed by atoms with Gasteiger partial charge in [-0.15, -0.1) is 0 Å². The number of aromatic nitrogens is 2. The smallest absolute Gasteiger partial charge is 0.316 e. The Kier molecular flexibility index (Phi) is 4.98. The summed E-state index contributed by atoms with van der Waals surface area (Å²) in [5.74, 6) is 0.0487. The van der Waals surface area contributed by atoms with E-state index in [1.165, 1.54) is 22.9 Å². The standard InChI is InChI=1S/C18H18N2O2S/c1-2-22-17(21)12-23-18-19-15-9-8-14(11-16(15)20-18)10-13-6-4-3-5-7-13/h3-9,11H,2,10,12H2,1H3,(H,19,20). The normalized spacial score (nSPS) is 10.8. The number of nitrogens with one attached hydrogen (secondary N) is 1. The van der Waals surface area contributed by atoms with Gasteiger partial charge in [-0.1, -0.05) is 48.2 Å². The highest BCUT2D eigenvalue weighted by atomic mass is 32.2. The van der Waals surface area contributed by atoms with Gasteiger partial charge in [-0.25, -0.2) is 4.98 Å². The van der Waals surface area contributed by atoms with E-state index in [1.807, 2.05) is 24.3 Å². The molecule has 3 rings (SSSR count). The highest BCUT2D eigenvalue weighted by Gasteiger charge is 2.08. The average Bonchev–Trinajstić information content (AvgIpc) is 2.96. The Morgan fingerprint density at radius 2 is 2.00 bits per heavy atom. The number of carbonyl (C=O) groups excluding carboxylic acids is 1. The molecule has 0 unspecified atom stereocenters. The molecule has 1 N–H and O–H groups in total. The van der Waals surface area contributed by atoms with Crippen molar-refractivity contribution in [3.05, 3.63) is 59.7 Å². The van der Waals surface area contributed by atoms with E-state index in [0.29, 0.717) is 6.61 Å². The van der Waals surface area contributed by atoms with E-state index in [2.05, 4.69) is 34.2 Å². The van der Waals surface area contributed by atoms with Gasteiger partial charge in [0.1, 0.15) is 0 Å². The zero-order valence-corrected chi connectivity index (χ0v) is 13.7. The second-order valence-corrected chi connectivity index (χ2v) is 6.11. The summed E-state index contributed by atoms with van der Waals surface area (Å²) < 4.78 is 4.92. The second kappa shape index (κ2) is 7.33. The number of benzene rings is 2. The summed E-state index contributed by atoms with van der Waals surface area (Å²) in [5, 5.41) is 0.741. The summed E-state index contributed by atoms with van der Waals surface area (Å²) in [7, 11) is 0. The third-order valence-electron chi connectivity index (χ3n) is 3.41. The molecule has 2 aromatic carbocycles. The van der Waals surface area contributed by atoms with Gasteiger partial charge in [0.05, 0.1) is 23.4 Å². The third-order valence-corrected chi connectivity index (χ3v) is 4.25. The molecule has 0 saturated carbocycles. The van der Waals surface area contributed by atoms with Gasteiger partial charge in [-0.05, 0) is 36.6 Å². The van der Waals surface area contributed by atoms with Crippen LogP contribution in [-0.4, -0.2) is 28.3 Å². The van der Waals surface area contributed by atoms with E-state index in [-0.39, 0.29) is 11.7 Å². The highest BCUT2D eigenvalue weighted by molar-refractivity contribution is 7.99. The van der Waals surface area contributed by atoms with Crippen LogP contribution in [0.5, 0.6) is 0 Å². The number of H-pyrrole nitrogens is 1. The van der Waals surface area contributed by atoms with Gasteiger partial charge in [0, 0.05) is 0 Å². The Morgan fingerprint density at radius 1 is 1.17 bits per heavy atom. The molecule has 0 spiro atoms. The lowest BCUT2D eigenvalue weighted by molar-refractivity contribution is -0.139. The maximum Gasteiger partial charge on any atom is 0.316 e. The van der Waals surface area contributed by atoms with Crippen LogP contribution in [0.3, 0.4) is 0 Å². The Bertz CT molecular complexity index is 799. The lowest BCUT2D eigenvalue weighted by Crippen LogP contribution is -2.06. The summed E-state index contributed by atoms with van der Waals surface area (Å²) in [6.45, 7) is 2.21. The van der Waals surface area contributed by atoms with Crippen molar-refractivity contribution in [3.63, 3.8) is 0 Å². The minimum atomic E-state index is -0.220. The number of nitrogens with zero attached hydrogens (tertiary/aromatic N) is 1. The molecule has 1 aromatic heterocycles.